The number of nitrogens with zero attached hydrogens (tertiary/aromatic N) is 1. The van der Waals surface area contributed by atoms with E-state index in [-0.39, 0.29) is 18.3 Å². The molecular formula is C31H26BrFN2O4S. The lowest BCUT2D eigenvalue weighted by atomic mass is 9.81. The number of carbonyl (C=O) groups excluding carboxylic acids is 3. The van der Waals surface area contributed by atoms with Crippen molar-refractivity contribution in [1.29, 1.82) is 0 Å². The lowest BCUT2D eigenvalue weighted by molar-refractivity contribution is -0.146. The van der Waals surface area contributed by atoms with Crippen LogP contribution in [-0.2, 0) is 20.9 Å². The highest BCUT2D eigenvalue weighted by Crippen LogP contribution is 2.52. The lowest BCUT2D eigenvalue weighted by Crippen LogP contribution is -2.48. The van der Waals surface area contributed by atoms with Gasteiger partial charge in [-0.2, -0.15) is 0 Å². The zero-order valence-corrected chi connectivity index (χ0v) is 23.9. The smallest absolute Gasteiger partial charge is 0.311 e. The van der Waals surface area contributed by atoms with Gasteiger partial charge in [0.15, 0.2) is 0 Å². The molecule has 1 saturated heterocycles. The van der Waals surface area contributed by atoms with Crippen LogP contribution in [0.15, 0.2) is 101 Å². The van der Waals surface area contributed by atoms with E-state index in [0.29, 0.717) is 15.6 Å². The number of hydrogen-bond donors (Lipinski definition) is 1. The summed E-state index contributed by atoms with van der Waals surface area (Å²) in [6.07, 6.45) is 0. The van der Waals surface area contributed by atoms with E-state index in [1.165, 1.54) is 35.5 Å². The number of rotatable bonds is 7. The highest BCUT2D eigenvalue weighted by Gasteiger charge is 2.58. The molecule has 1 aromatic heterocycles. The third-order valence-electron chi connectivity index (χ3n) is 7.11. The second kappa shape index (κ2) is 12.1. The molecule has 1 aliphatic heterocycles. The van der Waals surface area contributed by atoms with Gasteiger partial charge in [0.2, 0.25) is 5.91 Å². The average molecular weight is 622 g/mol. The highest BCUT2D eigenvalue weighted by molar-refractivity contribution is 9.10. The summed E-state index contributed by atoms with van der Waals surface area (Å²) < 4.78 is 19.5. The summed E-state index contributed by atoms with van der Waals surface area (Å²) in [6, 6.07) is 24.0. The number of halogens is 2. The Labute approximate surface area is 243 Å². The molecule has 1 N–H and O–H groups in total. The van der Waals surface area contributed by atoms with Crippen molar-refractivity contribution >= 4 is 45.1 Å². The number of benzene rings is 3. The third kappa shape index (κ3) is 5.57. The van der Waals surface area contributed by atoms with Crippen molar-refractivity contribution in [1.82, 2.24) is 10.2 Å². The van der Waals surface area contributed by atoms with Crippen molar-refractivity contribution in [2.24, 2.45) is 5.92 Å². The van der Waals surface area contributed by atoms with E-state index in [9.17, 15) is 18.8 Å². The first-order valence-corrected chi connectivity index (χ1v) is 14.3. The Morgan fingerprint density at radius 3 is 2.38 bits per heavy atom. The van der Waals surface area contributed by atoms with E-state index in [1.54, 1.807) is 30.3 Å². The SMILES string of the molecule is COC(=O)C1C(c2ccccc2)C(C(=O)NCc2ccc(F)cc2)N(C(=O)c2cccc(Br)c2)C1c1cccs1. The van der Waals surface area contributed by atoms with Crippen molar-refractivity contribution in [3.8, 4) is 0 Å². The minimum Gasteiger partial charge on any atom is -0.469 e. The van der Waals surface area contributed by atoms with E-state index in [0.717, 1.165) is 10.4 Å². The molecule has 3 aromatic carbocycles. The molecule has 0 spiro atoms. The van der Waals surface area contributed by atoms with Crippen LogP contribution in [0.3, 0.4) is 0 Å². The van der Waals surface area contributed by atoms with Crippen LogP contribution in [0.2, 0.25) is 0 Å². The standard InChI is InChI=1S/C31H26BrFN2O4S/c1-39-31(38)26-25(20-7-3-2-4-8-20)28(29(36)34-18-19-12-14-23(33)15-13-19)35(27(26)24-11-6-16-40-24)30(37)21-9-5-10-22(32)17-21/h2-17,25-28H,18H2,1H3,(H,34,36). The van der Waals surface area contributed by atoms with Gasteiger partial charge in [-0.1, -0.05) is 70.5 Å². The van der Waals surface area contributed by atoms with E-state index >= 15 is 0 Å². The van der Waals surface area contributed by atoms with Crippen LogP contribution in [0.1, 0.15) is 38.3 Å². The van der Waals surface area contributed by atoms with Crippen LogP contribution in [0.25, 0.3) is 0 Å². The maximum Gasteiger partial charge on any atom is 0.311 e. The fraction of sp³-hybridized carbons (Fsp3) is 0.194. The number of nitrogens with one attached hydrogen (secondary N) is 1. The molecule has 2 heterocycles. The van der Waals surface area contributed by atoms with Crippen LogP contribution in [0, 0.1) is 11.7 Å². The molecule has 6 nitrogen and oxygen atoms in total. The van der Waals surface area contributed by atoms with Crippen molar-refractivity contribution in [2.75, 3.05) is 7.11 Å². The summed E-state index contributed by atoms with van der Waals surface area (Å²) in [5, 5.41) is 4.82. The highest BCUT2D eigenvalue weighted by atomic mass is 79.9. The minimum absolute atomic E-state index is 0.128. The van der Waals surface area contributed by atoms with Gasteiger partial charge < -0.3 is 15.0 Å². The number of ether oxygens (including phenoxy) is 1. The monoisotopic (exact) mass is 620 g/mol. The molecule has 40 heavy (non-hydrogen) atoms. The predicted octanol–water partition coefficient (Wildman–Crippen LogP) is 6.10. The van der Waals surface area contributed by atoms with Crippen molar-refractivity contribution in [3.05, 3.63) is 128 Å². The molecule has 1 fully saturated rings. The number of hydrogen-bond acceptors (Lipinski definition) is 5. The van der Waals surface area contributed by atoms with E-state index < -0.39 is 35.8 Å². The zero-order valence-electron chi connectivity index (χ0n) is 21.5. The van der Waals surface area contributed by atoms with Gasteiger partial charge >= 0.3 is 5.97 Å². The fourth-order valence-electron chi connectivity index (χ4n) is 5.37. The summed E-state index contributed by atoms with van der Waals surface area (Å²) in [6.45, 7) is 0.128. The lowest BCUT2D eigenvalue weighted by Gasteiger charge is -2.31. The number of esters is 1. The van der Waals surface area contributed by atoms with Crippen LogP contribution >= 0.6 is 27.3 Å². The molecule has 0 radical (unpaired) electrons. The molecule has 2 amide bonds. The van der Waals surface area contributed by atoms with Gasteiger partial charge in [-0.25, -0.2) is 4.39 Å². The predicted molar refractivity (Wildman–Crippen MR) is 154 cm³/mol. The van der Waals surface area contributed by atoms with Crippen LogP contribution < -0.4 is 5.32 Å². The van der Waals surface area contributed by atoms with Gasteiger partial charge in [0, 0.05) is 27.4 Å². The van der Waals surface area contributed by atoms with E-state index in [1.807, 2.05) is 53.9 Å². The molecule has 0 aliphatic carbocycles. The van der Waals surface area contributed by atoms with Gasteiger partial charge in [-0.15, -0.1) is 11.3 Å². The summed E-state index contributed by atoms with van der Waals surface area (Å²) in [5.74, 6) is -3.22. The van der Waals surface area contributed by atoms with Crippen molar-refractivity contribution in [2.45, 2.75) is 24.5 Å². The molecular weight excluding hydrogens is 595 g/mol. The summed E-state index contributed by atoms with van der Waals surface area (Å²) in [5.41, 5.74) is 1.82. The second-order valence-corrected chi connectivity index (χ2v) is 11.4. The summed E-state index contributed by atoms with van der Waals surface area (Å²) >= 11 is 4.85. The Kier molecular flexibility index (Phi) is 8.42. The van der Waals surface area contributed by atoms with Crippen LogP contribution in [0.5, 0.6) is 0 Å². The van der Waals surface area contributed by atoms with Gasteiger partial charge in [-0.3, -0.25) is 14.4 Å². The molecule has 4 unspecified atom stereocenters. The molecule has 5 rings (SSSR count). The van der Waals surface area contributed by atoms with Gasteiger partial charge in [0.25, 0.3) is 5.91 Å². The Morgan fingerprint density at radius 2 is 1.73 bits per heavy atom. The Balaban J connectivity index is 1.65. The second-order valence-electron chi connectivity index (χ2n) is 9.46. The molecule has 4 atom stereocenters. The third-order valence-corrected chi connectivity index (χ3v) is 8.55. The van der Waals surface area contributed by atoms with Gasteiger partial charge in [-0.05, 0) is 52.9 Å². The van der Waals surface area contributed by atoms with Crippen LogP contribution in [0.4, 0.5) is 4.39 Å². The number of thiophene rings is 1. The Hall–Kier alpha value is -3.82. The first-order valence-electron chi connectivity index (χ1n) is 12.7. The maximum atomic E-state index is 14.3. The quantitative estimate of drug-likeness (QED) is 0.253. The first kappa shape index (κ1) is 27.7. The number of amides is 2. The number of likely N-dealkylation sites (tertiary alicyclic amines) is 1. The topological polar surface area (TPSA) is 75.7 Å². The molecule has 0 saturated carbocycles. The maximum absolute atomic E-state index is 14.3. The zero-order chi connectivity index (χ0) is 28.2. The Morgan fingerprint density at radius 1 is 0.975 bits per heavy atom. The largest absolute Gasteiger partial charge is 0.469 e. The molecule has 0 bridgehead atoms. The van der Waals surface area contributed by atoms with Crippen LogP contribution in [-0.4, -0.2) is 35.8 Å². The summed E-state index contributed by atoms with van der Waals surface area (Å²) in [4.78, 5) is 44.2. The fourth-order valence-corrected chi connectivity index (χ4v) is 6.64. The first-order chi connectivity index (χ1) is 19.4. The molecule has 9 heteroatoms. The summed E-state index contributed by atoms with van der Waals surface area (Å²) in [7, 11) is 1.32. The van der Waals surface area contributed by atoms with E-state index in [4.69, 9.17) is 4.74 Å². The number of carbonyl (C=O) groups is 3. The van der Waals surface area contributed by atoms with Crippen molar-refractivity contribution < 1.29 is 23.5 Å². The molecule has 4 aromatic rings. The average Bonchev–Trinajstić information content (AvgIpc) is 3.63. The van der Waals surface area contributed by atoms with Gasteiger partial charge in [0.1, 0.15) is 11.9 Å². The minimum atomic E-state index is -1.04. The van der Waals surface area contributed by atoms with Gasteiger partial charge in [0.05, 0.1) is 19.1 Å². The molecule has 1 aliphatic rings. The van der Waals surface area contributed by atoms with Crippen molar-refractivity contribution in [3.63, 3.8) is 0 Å². The Bertz CT molecular complexity index is 1500. The molecule has 204 valence electrons. The normalized spacial score (nSPS) is 20.2. The number of methoxy groups -OCH3 is 1. The van der Waals surface area contributed by atoms with E-state index in [2.05, 4.69) is 21.2 Å².